The Morgan fingerprint density at radius 2 is 2.40 bits per heavy atom. The molecular formula is C6H8FNO2. The summed E-state index contributed by atoms with van der Waals surface area (Å²) in [6, 6.07) is -0.666. The van der Waals surface area contributed by atoms with E-state index in [-0.39, 0.29) is 12.8 Å². The molecule has 1 unspecified atom stereocenters. The van der Waals surface area contributed by atoms with Crippen LogP contribution in [0.4, 0.5) is 4.39 Å². The summed E-state index contributed by atoms with van der Waals surface area (Å²) in [7, 11) is 0. The largest absolute Gasteiger partial charge is 0.481 e. The third-order valence-electron chi connectivity index (χ3n) is 0.909. The molecule has 0 aromatic heterocycles. The van der Waals surface area contributed by atoms with E-state index < -0.39 is 12.0 Å². The molecule has 0 aliphatic heterocycles. The summed E-state index contributed by atoms with van der Waals surface area (Å²) in [6.45, 7) is 0. The van der Waals surface area contributed by atoms with Gasteiger partial charge in [0.15, 0.2) is 0 Å². The van der Waals surface area contributed by atoms with Gasteiger partial charge in [-0.3, -0.25) is 4.79 Å². The fourth-order valence-corrected chi connectivity index (χ4v) is 0.421. The lowest BCUT2D eigenvalue weighted by molar-refractivity contribution is -0.137. The van der Waals surface area contributed by atoms with Gasteiger partial charge in [-0.2, -0.15) is 0 Å². The van der Waals surface area contributed by atoms with Gasteiger partial charge in [0.25, 0.3) is 0 Å². The molecular weight excluding hydrogens is 137 g/mol. The normalized spacial score (nSPS) is 11.4. The molecule has 0 rings (SSSR count). The quantitative estimate of drug-likeness (QED) is 0.554. The summed E-state index contributed by atoms with van der Waals surface area (Å²) in [6.07, 6.45) is 1.24. The molecule has 0 saturated carbocycles. The third kappa shape index (κ3) is 5.06. The number of rotatable bonds is 3. The topological polar surface area (TPSA) is 63.3 Å². The molecule has 3 N–H and O–H groups in total. The molecule has 0 radical (unpaired) electrons. The summed E-state index contributed by atoms with van der Waals surface area (Å²) in [5.41, 5.74) is 5.16. The van der Waals surface area contributed by atoms with Crippen molar-refractivity contribution in [3.63, 3.8) is 0 Å². The highest BCUT2D eigenvalue weighted by Crippen LogP contribution is 1.92. The number of hydrogen-bond acceptors (Lipinski definition) is 2. The maximum Gasteiger partial charge on any atom is 0.303 e. The number of carboxylic acids is 1. The van der Waals surface area contributed by atoms with Gasteiger partial charge >= 0.3 is 5.97 Å². The molecule has 0 aliphatic carbocycles. The molecule has 0 aromatic rings. The lowest BCUT2D eigenvalue weighted by Gasteiger charge is -1.97. The SMILES string of the molecule is NC(C#CF)CCC(=O)O. The van der Waals surface area contributed by atoms with Gasteiger partial charge in [-0.05, 0) is 12.3 Å². The minimum Gasteiger partial charge on any atom is -0.481 e. The van der Waals surface area contributed by atoms with Crippen LogP contribution in [-0.4, -0.2) is 17.1 Å². The van der Waals surface area contributed by atoms with Crippen molar-refractivity contribution in [3.05, 3.63) is 0 Å². The first kappa shape index (κ1) is 8.92. The van der Waals surface area contributed by atoms with E-state index in [4.69, 9.17) is 10.8 Å². The Hall–Kier alpha value is -1.08. The standard InChI is InChI=1S/C6H8FNO2/c7-4-3-5(8)1-2-6(9)10/h5H,1-2,8H2,(H,9,10). The molecule has 56 valence electrons. The van der Waals surface area contributed by atoms with Crippen molar-refractivity contribution >= 4 is 5.97 Å². The maximum atomic E-state index is 11.2. The molecule has 3 nitrogen and oxygen atoms in total. The molecule has 0 bridgehead atoms. The zero-order chi connectivity index (χ0) is 7.98. The Bertz CT molecular complexity index is 170. The van der Waals surface area contributed by atoms with Crippen LogP contribution in [0.2, 0.25) is 0 Å². The van der Waals surface area contributed by atoms with Crippen LogP contribution in [0.5, 0.6) is 0 Å². The second kappa shape index (κ2) is 4.77. The Balaban J connectivity index is 3.46. The summed E-state index contributed by atoms with van der Waals surface area (Å²) in [5.74, 6) is 1.05. The van der Waals surface area contributed by atoms with Gasteiger partial charge < -0.3 is 10.8 Å². The van der Waals surface area contributed by atoms with E-state index in [1.807, 2.05) is 5.92 Å². The Morgan fingerprint density at radius 3 is 2.80 bits per heavy atom. The van der Waals surface area contributed by atoms with E-state index in [0.717, 1.165) is 6.17 Å². The van der Waals surface area contributed by atoms with Crippen LogP contribution in [0.1, 0.15) is 12.8 Å². The van der Waals surface area contributed by atoms with E-state index in [2.05, 4.69) is 0 Å². The van der Waals surface area contributed by atoms with Gasteiger partial charge in [-0.15, -0.1) is 4.39 Å². The number of hydrogen-bond donors (Lipinski definition) is 2. The third-order valence-corrected chi connectivity index (χ3v) is 0.909. The fourth-order valence-electron chi connectivity index (χ4n) is 0.421. The molecule has 0 spiro atoms. The van der Waals surface area contributed by atoms with E-state index in [1.165, 1.54) is 0 Å². The van der Waals surface area contributed by atoms with Gasteiger partial charge in [0.2, 0.25) is 0 Å². The molecule has 0 aromatic carbocycles. The Kier molecular flexibility index (Phi) is 4.25. The highest BCUT2D eigenvalue weighted by atomic mass is 19.1. The van der Waals surface area contributed by atoms with Crippen LogP contribution >= 0.6 is 0 Å². The van der Waals surface area contributed by atoms with Crippen LogP contribution in [0.25, 0.3) is 0 Å². The van der Waals surface area contributed by atoms with Crippen molar-refractivity contribution in [2.45, 2.75) is 18.9 Å². The minimum atomic E-state index is -0.948. The number of carbonyl (C=O) groups is 1. The summed E-state index contributed by atoms with van der Waals surface area (Å²) < 4.78 is 11.2. The number of nitrogens with two attached hydrogens (primary N) is 1. The molecule has 0 saturated heterocycles. The maximum absolute atomic E-state index is 11.2. The zero-order valence-electron chi connectivity index (χ0n) is 5.30. The predicted octanol–water partition coefficient (Wildman–Crippen LogP) is 0.109. The van der Waals surface area contributed by atoms with Gasteiger partial charge in [0.1, 0.15) is 6.17 Å². The molecule has 1 atom stereocenters. The van der Waals surface area contributed by atoms with Crippen molar-refractivity contribution in [1.29, 1.82) is 0 Å². The average Bonchev–Trinajstić information content (AvgIpc) is 1.85. The Labute approximate surface area is 58.0 Å². The van der Waals surface area contributed by atoms with Crippen LogP contribution in [0, 0.1) is 12.1 Å². The zero-order valence-corrected chi connectivity index (χ0v) is 5.30. The molecule has 0 fully saturated rings. The second-order valence-corrected chi connectivity index (χ2v) is 1.78. The van der Waals surface area contributed by atoms with E-state index >= 15 is 0 Å². The molecule has 0 amide bonds. The average molecular weight is 145 g/mol. The Morgan fingerprint density at radius 1 is 1.80 bits per heavy atom. The number of halogens is 1. The summed E-state index contributed by atoms with van der Waals surface area (Å²) in [4.78, 5) is 9.91. The first-order valence-electron chi connectivity index (χ1n) is 2.75. The van der Waals surface area contributed by atoms with Crippen LogP contribution < -0.4 is 5.73 Å². The molecule has 4 heteroatoms. The second-order valence-electron chi connectivity index (χ2n) is 1.78. The lowest BCUT2D eigenvalue weighted by Crippen LogP contribution is -2.18. The minimum absolute atomic E-state index is 0.0736. The monoisotopic (exact) mass is 145 g/mol. The number of carboxylic acid groups (broad SMARTS) is 1. The van der Waals surface area contributed by atoms with Gasteiger partial charge in [0.05, 0.1) is 6.04 Å². The van der Waals surface area contributed by atoms with E-state index in [1.54, 1.807) is 0 Å². The summed E-state index contributed by atoms with van der Waals surface area (Å²) >= 11 is 0. The summed E-state index contributed by atoms with van der Waals surface area (Å²) in [5, 5.41) is 8.13. The van der Waals surface area contributed by atoms with Crippen molar-refractivity contribution in [1.82, 2.24) is 0 Å². The molecule has 10 heavy (non-hydrogen) atoms. The van der Waals surface area contributed by atoms with Crippen molar-refractivity contribution < 1.29 is 14.3 Å². The molecule has 0 aliphatic rings. The number of aliphatic carboxylic acids is 1. The van der Waals surface area contributed by atoms with Gasteiger partial charge in [0, 0.05) is 6.42 Å². The van der Waals surface area contributed by atoms with E-state index in [0.29, 0.717) is 0 Å². The highest BCUT2D eigenvalue weighted by Gasteiger charge is 2.01. The van der Waals surface area contributed by atoms with Crippen molar-refractivity contribution in [2.24, 2.45) is 5.73 Å². The first-order valence-corrected chi connectivity index (χ1v) is 2.75. The van der Waals surface area contributed by atoms with Crippen LogP contribution in [-0.2, 0) is 4.79 Å². The molecule has 0 heterocycles. The first-order chi connectivity index (χ1) is 4.66. The van der Waals surface area contributed by atoms with Gasteiger partial charge in [-0.25, -0.2) is 0 Å². The van der Waals surface area contributed by atoms with E-state index in [9.17, 15) is 9.18 Å². The van der Waals surface area contributed by atoms with Crippen LogP contribution in [0.3, 0.4) is 0 Å². The smallest absolute Gasteiger partial charge is 0.303 e. The van der Waals surface area contributed by atoms with Crippen molar-refractivity contribution in [2.75, 3.05) is 0 Å². The predicted molar refractivity (Wildman–Crippen MR) is 33.7 cm³/mol. The van der Waals surface area contributed by atoms with Crippen LogP contribution in [0.15, 0.2) is 0 Å². The van der Waals surface area contributed by atoms with Gasteiger partial charge in [-0.1, -0.05) is 0 Å². The highest BCUT2D eigenvalue weighted by molar-refractivity contribution is 5.66. The lowest BCUT2D eigenvalue weighted by atomic mass is 10.2. The fraction of sp³-hybridized carbons (Fsp3) is 0.500. The van der Waals surface area contributed by atoms with Crippen molar-refractivity contribution in [3.8, 4) is 12.1 Å².